The topological polar surface area (TPSA) is 61.3 Å². The van der Waals surface area contributed by atoms with Crippen LogP contribution in [-0.2, 0) is 0 Å². The number of nitrogen functional groups attached to an aromatic ring is 1. The normalized spacial score (nSPS) is 10.1. The van der Waals surface area contributed by atoms with Crippen LogP contribution >= 0.6 is 11.6 Å². The zero-order chi connectivity index (χ0) is 9.97. The summed E-state index contributed by atoms with van der Waals surface area (Å²) >= 11 is 5.76. The van der Waals surface area contributed by atoms with Crippen LogP contribution in [0.4, 0.5) is 5.88 Å². The van der Waals surface area contributed by atoms with Crippen LogP contribution in [0.5, 0.6) is 11.8 Å². The molecule has 1 aromatic carbocycles. The van der Waals surface area contributed by atoms with E-state index in [1.807, 2.05) is 0 Å². The zero-order valence-corrected chi connectivity index (χ0v) is 7.86. The van der Waals surface area contributed by atoms with Gasteiger partial charge in [0.05, 0.1) is 6.20 Å². The van der Waals surface area contributed by atoms with Crippen LogP contribution in [0.2, 0.25) is 5.02 Å². The Balaban J connectivity index is 2.18. The first-order valence-electron chi connectivity index (χ1n) is 3.89. The summed E-state index contributed by atoms with van der Waals surface area (Å²) in [4.78, 5) is 3.78. The molecule has 2 N–H and O–H groups in total. The van der Waals surface area contributed by atoms with Gasteiger partial charge in [0, 0.05) is 5.02 Å². The van der Waals surface area contributed by atoms with Crippen molar-refractivity contribution in [3.63, 3.8) is 0 Å². The maximum atomic E-state index is 5.76. The smallest absolute Gasteiger partial charge is 0.400 e. The molecule has 5 heteroatoms. The molecule has 2 aromatic rings. The fraction of sp³-hybridized carbons (Fsp3) is 0. The molecule has 72 valence electrons. The first-order valence-corrected chi connectivity index (χ1v) is 4.26. The molecule has 0 aliphatic rings. The summed E-state index contributed by atoms with van der Waals surface area (Å²) in [5, 5.41) is 0.585. The average Bonchev–Trinajstić information content (AvgIpc) is 2.51. The monoisotopic (exact) mass is 210 g/mol. The Bertz CT molecular complexity index is 442. The minimum absolute atomic E-state index is 0.102. The van der Waals surface area contributed by atoms with Gasteiger partial charge in [-0.05, 0) is 18.2 Å². The van der Waals surface area contributed by atoms with Crippen molar-refractivity contribution < 1.29 is 9.15 Å². The first kappa shape index (κ1) is 8.90. The average molecular weight is 211 g/mol. The van der Waals surface area contributed by atoms with Gasteiger partial charge >= 0.3 is 6.08 Å². The molecule has 0 unspecified atom stereocenters. The molecule has 0 aliphatic carbocycles. The van der Waals surface area contributed by atoms with Crippen LogP contribution in [0, 0.1) is 0 Å². The van der Waals surface area contributed by atoms with E-state index in [0.717, 1.165) is 0 Å². The number of benzene rings is 1. The second-order valence-corrected chi connectivity index (χ2v) is 3.02. The highest BCUT2D eigenvalue weighted by atomic mass is 35.5. The van der Waals surface area contributed by atoms with Gasteiger partial charge in [-0.25, -0.2) is 0 Å². The number of nitrogens with zero attached hydrogens (tertiary/aromatic N) is 1. The van der Waals surface area contributed by atoms with Gasteiger partial charge in [0.2, 0.25) is 5.88 Å². The summed E-state index contributed by atoms with van der Waals surface area (Å²) in [5.74, 6) is 0.765. The number of oxazole rings is 1. The molecule has 0 saturated heterocycles. The Hall–Kier alpha value is -1.68. The van der Waals surface area contributed by atoms with Crippen LogP contribution < -0.4 is 10.5 Å². The molecule has 0 radical (unpaired) electrons. The lowest BCUT2D eigenvalue weighted by Crippen LogP contribution is -1.83. The highest BCUT2D eigenvalue weighted by molar-refractivity contribution is 6.30. The van der Waals surface area contributed by atoms with Crippen LogP contribution in [-0.4, -0.2) is 4.98 Å². The SMILES string of the molecule is Nc1cnc(Oc2cccc(Cl)c2)o1. The summed E-state index contributed by atoms with van der Waals surface area (Å²) < 4.78 is 10.2. The predicted octanol–water partition coefficient (Wildman–Crippen LogP) is 2.70. The van der Waals surface area contributed by atoms with E-state index < -0.39 is 0 Å². The number of nitrogens with two attached hydrogens (primary N) is 1. The lowest BCUT2D eigenvalue weighted by molar-refractivity contribution is 0.337. The predicted molar refractivity (Wildman–Crippen MR) is 52.4 cm³/mol. The minimum atomic E-state index is 0.102. The van der Waals surface area contributed by atoms with Gasteiger partial charge in [0.25, 0.3) is 0 Å². The van der Waals surface area contributed by atoms with E-state index in [-0.39, 0.29) is 12.0 Å². The highest BCUT2D eigenvalue weighted by Crippen LogP contribution is 2.24. The van der Waals surface area contributed by atoms with Gasteiger partial charge in [-0.15, -0.1) is 0 Å². The summed E-state index contributed by atoms with van der Waals surface area (Å²) in [6.45, 7) is 0. The zero-order valence-electron chi connectivity index (χ0n) is 7.11. The van der Waals surface area contributed by atoms with Gasteiger partial charge in [-0.2, -0.15) is 4.98 Å². The Labute approximate surface area is 85.3 Å². The van der Waals surface area contributed by atoms with E-state index in [0.29, 0.717) is 10.8 Å². The molecule has 14 heavy (non-hydrogen) atoms. The second-order valence-electron chi connectivity index (χ2n) is 2.59. The molecule has 0 saturated carbocycles. The molecule has 0 fully saturated rings. The minimum Gasteiger partial charge on any atom is -0.411 e. The number of hydrogen-bond acceptors (Lipinski definition) is 4. The van der Waals surface area contributed by atoms with Crippen molar-refractivity contribution in [2.45, 2.75) is 0 Å². The van der Waals surface area contributed by atoms with Gasteiger partial charge < -0.3 is 14.9 Å². The van der Waals surface area contributed by atoms with Crippen molar-refractivity contribution in [2.24, 2.45) is 0 Å². The summed E-state index contributed by atoms with van der Waals surface area (Å²) in [5.41, 5.74) is 5.33. The molecule has 0 spiro atoms. The molecule has 0 bridgehead atoms. The Kier molecular flexibility index (Phi) is 2.28. The number of aromatic nitrogens is 1. The van der Waals surface area contributed by atoms with Gasteiger partial charge in [0.1, 0.15) is 5.75 Å². The van der Waals surface area contributed by atoms with Crippen molar-refractivity contribution in [3.8, 4) is 11.8 Å². The fourth-order valence-corrected chi connectivity index (χ4v) is 1.13. The fourth-order valence-electron chi connectivity index (χ4n) is 0.948. The first-order chi connectivity index (χ1) is 6.74. The van der Waals surface area contributed by atoms with E-state index in [9.17, 15) is 0 Å². The third-order valence-corrected chi connectivity index (χ3v) is 1.74. The molecule has 0 aliphatic heterocycles. The molecule has 1 aromatic heterocycles. The Morgan fingerprint density at radius 3 is 2.93 bits per heavy atom. The molecular weight excluding hydrogens is 204 g/mol. The third kappa shape index (κ3) is 1.97. The van der Waals surface area contributed by atoms with E-state index in [2.05, 4.69) is 4.98 Å². The van der Waals surface area contributed by atoms with E-state index in [1.54, 1.807) is 24.3 Å². The van der Waals surface area contributed by atoms with Crippen molar-refractivity contribution in [1.29, 1.82) is 0 Å². The Morgan fingerprint density at radius 1 is 1.43 bits per heavy atom. The number of anilines is 1. The summed E-state index contributed by atoms with van der Waals surface area (Å²) in [6, 6.07) is 6.91. The van der Waals surface area contributed by atoms with Crippen LogP contribution in [0.15, 0.2) is 34.9 Å². The van der Waals surface area contributed by atoms with Gasteiger partial charge in [-0.1, -0.05) is 17.7 Å². The number of ether oxygens (including phenoxy) is 1. The van der Waals surface area contributed by atoms with Crippen LogP contribution in [0.3, 0.4) is 0 Å². The van der Waals surface area contributed by atoms with Crippen molar-refractivity contribution >= 4 is 17.5 Å². The van der Waals surface area contributed by atoms with Crippen LogP contribution in [0.25, 0.3) is 0 Å². The maximum absolute atomic E-state index is 5.76. The molecule has 0 atom stereocenters. The number of rotatable bonds is 2. The van der Waals surface area contributed by atoms with E-state index in [1.165, 1.54) is 6.20 Å². The van der Waals surface area contributed by atoms with Crippen molar-refractivity contribution in [3.05, 3.63) is 35.5 Å². The Morgan fingerprint density at radius 2 is 2.29 bits per heavy atom. The molecular formula is C9H7ClN2O2. The third-order valence-electron chi connectivity index (χ3n) is 1.50. The summed E-state index contributed by atoms with van der Waals surface area (Å²) in [7, 11) is 0. The maximum Gasteiger partial charge on any atom is 0.400 e. The van der Waals surface area contributed by atoms with Crippen molar-refractivity contribution in [2.75, 3.05) is 5.73 Å². The van der Waals surface area contributed by atoms with Gasteiger partial charge in [-0.3, -0.25) is 0 Å². The number of hydrogen-bond donors (Lipinski definition) is 1. The largest absolute Gasteiger partial charge is 0.411 e. The number of halogens is 1. The quantitative estimate of drug-likeness (QED) is 0.828. The van der Waals surface area contributed by atoms with E-state index >= 15 is 0 Å². The molecule has 1 heterocycles. The standard InChI is InChI=1S/C9H7ClN2O2/c10-6-2-1-3-7(4-6)13-9-12-5-8(11)14-9/h1-5H,11H2. The van der Waals surface area contributed by atoms with E-state index in [4.69, 9.17) is 26.5 Å². The second kappa shape index (κ2) is 3.59. The van der Waals surface area contributed by atoms with Gasteiger partial charge in [0.15, 0.2) is 0 Å². The molecule has 0 amide bonds. The highest BCUT2D eigenvalue weighted by Gasteiger charge is 2.03. The molecule has 2 rings (SSSR count). The van der Waals surface area contributed by atoms with Crippen LogP contribution in [0.1, 0.15) is 0 Å². The summed E-state index contributed by atoms with van der Waals surface area (Å²) in [6.07, 6.45) is 1.48. The van der Waals surface area contributed by atoms with Crippen molar-refractivity contribution in [1.82, 2.24) is 4.98 Å². The lowest BCUT2D eigenvalue weighted by atomic mass is 10.3. The molecule has 4 nitrogen and oxygen atoms in total. The lowest BCUT2D eigenvalue weighted by Gasteiger charge is -1.99.